The standard InChI is InChI=1S/C25H29ClN2O2.H2S/c1-15(2)12-20-25(19-11-10-18(26)13-17(19)14-21(25)29)22(16-8-6-5-7-9-16)23(27-20)24(30)28(3)4;/h5-11,13,15,20,22-23,27H,12,14H2,1-4H3;1H2/t20-,22+,23-,25-;/m1./s1. The molecule has 1 heterocycles. The Balaban J connectivity index is 0.00000272. The van der Waals surface area contributed by atoms with Crippen LogP contribution in [-0.4, -0.2) is 42.8 Å². The number of likely N-dealkylation sites (N-methyl/N-ethyl adjacent to an activating group) is 1. The molecule has 0 unspecified atom stereocenters. The number of rotatable bonds is 4. The molecule has 0 saturated carbocycles. The summed E-state index contributed by atoms with van der Waals surface area (Å²) in [5.41, 5.74) is 2.26. The van der Waals surface area contributed by atoms with Crippen LogP contribution in [0.25, 0.3) is 0 Å². The Labute approximate surface area is 196 Å². The first kappa shape index (κ1) is 23.8. The van der Waals surface area contributed by atoms with Crippen LogP contribution in [0.15, 0.2) is 48.5 Å². The lowest BCUT2D eigenvalue weighted by molar-refractivity contribution is -0.131. The molecule has 1 amide bonds. The summed E-state index contributed by atoms with van der Waals surface area (Å²) in [6.45, 7) is 4.33. The third-order valence-corrected chi connectivity index (χ3v) is 6.89. The van der Waals surface area contributed by atoms with Crippen LogP contribution < -0.4 is 5.32 Å². The molecule has 6 heteroatoms. The van der Waals surface area contributed by atoms with E-state index in [9.17, 15) is 9.59 Å². The molecule has 1 aliphatic carbocycles. The van der Waals surface area contributed by atoms with Crippen LogP contribution >= 0.6 is 25.1 Å². The predicted octanol–water partition coefficient (Wildman–Crippen LogP) is 4.07. The van der Waals surface area contributed by atoms with Crippen molar-refractivity contribution in [3.63, 3.8) is 0 Å². The van der Waals surface area contributed by atoms with Crippen LogP contribution in [0.1, 0.15) is 42.9 Å². The number of benzene rings is 2. The van der Waals surface area contributed by atoms with Gasteiger partial charge in [-0.3, -0.25) is 9.59 Å². The highest BCUT2D eigenvalue weighted by atomic mass is 35.5. The van der Waals surface area contributed by atoms with Gasteiger partial charge in [0.2, 0.25) is 5.91 Å². The Hall–Kier alpha value is -1.82. The fourth-order valence-corrected chi connectivity index (χ4v) is 5.76. The highest BCUT2D eigenvalue weighted by Gasteiger charge is 2.64. The van der Waals surface area contributed by atoms with Crippen molar-refractivity contribution in [2.75, 3.05) is 14.1 Å². The van der Waals surface area contributed by atoms with Gasteiger partial charge in [0, 0.05) is 37.5 Å². The average molecular weight is 459 g/mol. The first-order valence-electron chi connectivity index (χ1n) is 10.6. The average Bonchev–Trinajstić information content (AvgIpc) is 3.17. The van der Waals surface area contributed by atoms with Crippen LogP contribution in [0.2, 0.25) is 5.02 Å². The van der Waals surface area contributed by atoms with Crippen molar-refractivity contribution >= 4 is 36.8 Å². The van der Waals surface area contributed by atoms with Gasteiger partial charge in [0.05, 0.1) is 11.5 Å². The van der Waals surface area contributed by atoms with Crippen LogP contribution in [-0.2, 0) is 21.4 Å². The van der Waals surface area contributed by atoms with Gasteiger partial charge < -0.3 is 10.2 Å². The summed E-state index contributed by atoms with van der Waals surface area (Å²) < 4.78 is 0. The molecule has 166 valence electrons. The summed E-state index contributed by atoms with van der Waals surface area (Å²) >= 11 is 6.27. The molecule has 1 aliphatic heterocycles. The van der Waals surface area contributed by atoms with Crippen molar-refractivity contribution in [2.24, 2.45) is 5.92 Å². The summed E-state index contributed by atoms with van der Waals surface area (Å²) in [4.78, 5) is 28.8. The summed E-state index contributed by atoms with van der Waals surface area (Å²) in [6, 6.07) is 15.2. The van der Waals surface area contributed by atoms with Gasteiger partial charge in [-0.1, -0.05) is 61.8 Å². The molecule has 2 aliphatic rings. The van der Waals surface area contributed by atoms with Crippen molar-refractivity contribution in [1.29, 1.82) is 0 Å². The number of hydrogen-bond donors (Lipinski definition) is 1. The van der Waals surface area contributed by atoms with Gasteiger partial charge in [-0.05, 0) is 41.2 Å². The van der Waals surface area contributed by atoms with Crippen LogP contribution in [0.5, 0.6) is 0 Å². The van der Waals surface area contributed by atoms with Gasteiger partial charge in [0.15, 0.2) is 0 Å². The van der Waals surface area contributed by atoms with E-state index < -0.39 is 11.5 Å². The number of carbonyl (C=O) groups is 2. The molecular weight excluding hydrogens is 428 g/mol. The zero-order valence-electron chi connectivity index (χ0n) is 18.5. The molecule has 2 aromatic carbocycles. The van der Waals surface area contributed by atoms with Crippen molar-refractivity contribution in [3.05, 3.63) is 70.2 Å². The van der Waals surface area contributed by atoms with Crippen molar-refractivity contribution in [2.45, 2.75) is 50.1 Å². The van der Waals surface area contributed by atoms with Crippen molar-refractivity contribution in [3.8, 4) is 0 Å². The number of amides is 1. The molecule has 1 spiro atoms. The third kappa shape index (κ3) is 3.81. The second-order valence-electron chi connectivity index (χ2n) is 9.22. The Morgan fingerprint density at radius 2 is 1.87 bits per heavy atom. The van der Waals surface area contributed by atoms with Crippen LogP contribution in [0, 0.1) is 5.92 Å². The minimum absolute atomic E-state index is 0. The molecule has 0 bridgehead atoms. The molecule has 1 fully saturated rings. The quantitative estimate of drug-likeness (QED) is 0.751. The van der Waals surface area contributed by atoms with E-state index in [2.05, 4.69) is 19.2 Å². The minimum atomic E-state index is -0.776. The number of nitrogens with zero attached hydrogens (tertiary/aromatic N) is 1. The van der Waals surface area contributed by atoms with E-state index in [1.807, 2.05) is 48.5 Å². The highest BCUT2D eigenvalue weighted by molar-refractivity contribution is 7.59. The maximum absolute atomic E-state index is 13.9. The van der Waals surface area contributed by atoms with E-state index in [0.717, 1.165) is 23.1 Å². The number of hydrogen-bond acceptors (Lipinski definition) is 3. The third-order valence-electron chi connectivity index (χ3n) is 6.65. The normalized spacial score (nSPS) is 26.8. The zero-order chi connectivity index (χ0) is 21.6. The fraction of sp³-hybridized carbons (Fsp3) is 0.440. The highest BCUT2D eigenvalue weighted by Crippen LogP contribution is 2.55. The smallest absolute Gasteiger partial charge is 0.239 e. The number of carbonyl (C=O) groups excluding carboxylic acids is 2. The fourth-order valence-electron chi connectivity index (χ4n) is 5.56. The Bertz CT molecular complexity index is 979. The Kier molecular flexibility index (Phi) is 6.90. The van der Waals surface area contributed by atoms with Gasteiger partial charge in [0.1, 0.15) is 5.78 Å². The lowest BCUT2D eigenvalue weighted by Gasteiger charge is -2.37. The van der Waals surface area contributed by atoms with Crippen LogP contribution in [0.3, 0.4) is 0 Å². The predicted molar refractivity (Wildman–Crippen MR) is 130 cm³/mol. The minimum Gasteiger partial charge on any atom is -0.347 e. The molecule has 1 N–H and O–H groups in total. The second-order valence-corrected chi connectivity index (χ2v) is 9.65. The van der Waals surface area contributed by atoms with E-state index in [0.29, 0.717) is 17.4 Å². The van der Waals surface area contributed by atoms with Crippen LogP contribution in [0.4, 0.5) is 0 Å². The molecule has 4 rings (SSSR count). The topological polar surface area (TPSA) is 49.4 Å². The summed E-state index contributed by atoms with van der Waals surface area (Å²) in [7, 11) is 3.55. The number of nitrogens with one attached hydrogen (secondary N) is 1. The Morgan fingerprint density at radius 1 is 1.19 bits per heavy atom. The monoisotopic (exact) mass is 458 g/mol. The number of halogens is 1. The van der Waals surface area contributed by atoms with Gasteiger partial charge in [-0.15, -0.1) is 0 Å². The van der Waals surface area contributed by atoms with Crippen molar-refractivity contribution < 1.29 is 9.59 Å². The van der Waals surface area contributed by atoms with Gasteiger partial charge in [-0.25, -0.2) is 0 Å². The molecule has 1 saturated heterocycles. The molecule has 4 atom stereocenters. The van der Waals surface area contributed by atoms with E-state index >= 15 is 0 Å². The summed E-state index contributed by atoms with van der Waals surface area (Å²) in [5.74, 6) is 0.297. The SMILES string of the molecule is CC(C)C[C@H]1N[C@@H](C(=O)N(C)C)[C@H](c2ccccc2)[C@@]12C(=O)Cc1cc(Cl)ccc12.S. The lowest BCUT2D eigenvalue weighted by Crippen LogP contribution is -2.47. The van der Waals surface area contributed by atoms with Gasteiger partial charge in [-0.2, -0.15) is 13.5 Å². The first-order chi connectivity index (χ1) is 14.3. The van der Waals surface area contributed by atoms with E-state index in [-0.39, 0.29) is 37.1 Å². The van der Waals surface area contributed by atoms with Gasteiger partial charge >= 0.3 is 0 Å². The summed E-state index contributed by atoms with van der Waals surface area (Å²) in [5, 5.41) is 4.27. The molecule has 2 aromatic rings. The molecule has 0 radical (unpaired) electrons. The van der Waals surface area contributed by atoms with E-state index in [1.54, 1.807) is 19.0 Å². The number of fused-ring (bicyclic) bond motifs is 2. The maximum atomic E-state index is 13.9. The first-order valence-corrected chi connectivity index (χ1v) is 11.0. The van der Waals surface area contributed by atoms with E-state index in [4.69, 9.17) is 11.6 Å². The lowest BCUT2D eigenvalue weighted by atomic mass is 9.63. The van der Waals surface area contributed by atoms with Crippen molar-refractivity contribution in [1.82, 2.24) is 10.2 Å². The molecule has 4 nitrogen and oxygen atoms in total. The second kappa shape index (κ2) is 8.97. The molecular formula is C25H31ClN2O2S. The van der Waals surface area contributed by atoms with E-state index in [1.165, 1.54) is 0 Å². The largest absolute Gasteiger partial charge is 0.347 e. The maximum Gasteiger partial charge on any atom is 0.239 e. The summed E-state index contributed by atoms with van der Waals surface area (Å²) in [6.07, 6.45) is 1.17. The molecule has 0 aromatic heterocycles. The number of Topliss-reactive ketones (excluding diaryl/α,β-unsaturated/α-hetero) is 1. The molecule has 31 heavy (non-hydrogen) atoms. The Morgan fingerprint density at radius 3 is 2.48 bits per heavy atom. The van der Waals surface area contributed by atoms with Gasteiger partial charge in [0.25, 0.3) is 0 Å². The number of ketones is 1. The zero-order valence-corrected chi connectivity index (χ0v) is 20.2.